The number of benzene rings is 2. The Bertz CT molecular complexity index is 622. The topological polar surface area (TPSA) is 38.0 Å². The summed E-state index contributed by atoms with van der Waals surface area (Å²) in [6.07, 6.45) is 0.481. The molecular formula is C14H12BrCl2FN2. The van der Waals surface area contributed by atoms with Gasteiger partial charge in [0.1, 0.15) is 5.82 Å². The monoisotopic (exact) mass is 376 g/mol. The van der Waals surface area contributed by atoms with E-state index in [4.69, 9.17) is 29.0 Å². The molecule has 0 saturated carbocycles. The normalized spacial score (nSPS) is 12.4. The van der Waals surface area contributed by atoms with Gasteiger partial charge in [-0.1, -0.05) is 47.5 Å². The smallest absolute Gasteiger partial charge is 0.137 e. The maximum absolute atomic E-state index is 13.5. The maximum atomic E-state index is 13.5. The number of nitrogens with two attached hydrogens (primary N) is 1. The zero-order valence-electron chi connectivity index (χ0n) is 10.3. The van der Waals surface area contributed by atoms with Crippen LogP contribution in [0.4, 0.5) is 4.39 Å². The van der Waals surface area contributed by atoms with Crippen LogP contribution in [0.3, 0.4) is 0 Å². The molecule has 0 aliphatic carbocycles. The Kier molecular flexibility index (Phi) is 5.41. The third-order valence-electron chi connectivity index (χ3n) is 3.01. The van der Waals surface area contributed by atoms with Gasteiger partial charge in [0.25, 0.3) is 0 Å². The molecule has 0 aliphatic heterocycles. The van der Waals surface area contributed by atoms with E-state index < -0.39 is 0 Å². The lowest BCUT2D eigenvalue weighted by Gasteiger charge is -2.19. The average Bonchev–Trinajstić information content (AvgIpc) is 2.44. The molecule has 20 heavy (non-hydrogen) atoms. The summed E-state index contributed by atoms with van der Waals surface area (Å²) in [6.45, 7) is 0. The highest BCUT2D eigenvalue weighted by Gasteiger charge is 2.17. The molecule has 0 spiro atoms. The third-order valence-corrected chi connectivity index (χ3v) is 4.74. The summed E-state index contributed by atoms with van der Waals surface area (Å²) in [7, 11) is 0. The van der Waals surface area contributed by atoms with Gasteiger partial charge in [0, 0.05) is 0 Å². The van der Waals surface area contributed by atoms with E-state index in [1.54, 1.807) is 18.2 Å². The van der Waals surface area contributed by atoms with Gasteiger partial charge < -0.3 is 0 Å². The van der Waals surface area contributed by atoms with Gasteiger partial charge in [-0.05, 0) is 45.6 Å². The number of hydrogen-bond acceptors (Lipinski definition) is 2. The van der Waals surface area contributed by atoms with Gasteiger partial charge in [0.15, 0.2) is 0 Å². The van der Waals surface area contributed by atoms with Crippen LogP contribution in [0.25, 0.3) is 0 Å². The fraction of sp³-hybridized carbons (Fsp3) is 0.143. The van der Waals surface area contributed by atoms with Crippen molar-refractivity contribution in [3.8, 4) is 0 Å². The molecular weight excluding hydrogens is 366 g/mol. The Labute approximate surface area is 135 Å². The molecule has 0 heterocycles. The van der Waals surface area contributed by atoms with Crippen molar-refractivity contribution in [2.75, 3.05) is 0 Å². The zero-order chi connectivity index (χ0) is 14.7. The van der Waals surface area contributed by atoms with Crippen molar-refractivity contribution in [2.45, 2.75) is 12.5 Å². The minimum Gasteiger partial charge on any atom is -0.271 e. The molecule has 6 heteroatoms. The zero-order valence-corrected chi connectivity index (χ0v) is 13.4. The summed E-state index contributed by atoms with van der Waals surface area (Å²) < 4.78 is 14.0. The van der Waals surface area contributed by atoms with Crippen molar-refractivity contribution in [3.05, 3.63) is 67.9 Å². The van der Waals surface area contributed by atoms with Crippen molar-refractivity contribution in [1.29, 1.82) is 0 Å². The average molecular weight is 378 g/mol. The quantitative estimate of drug-likeness (QED) is 0.601. The van der Waals surface area contributed by atoms with Gasteiger partial charge >= 0.3 is 0 Å². The number of rotatable bonds is 4. The molecule has 0 aliphatic rings. The first kappa shape index (κ1) is 15.7. The lowest BCUT2D eigenvalue weighted by atomic mass is 9.99. The van der Waals surface area contributed by atoms with E-state index >= 15 is 0 Å². The summed E-state index contributed by atoms with van der Waals surface area (Å²) >= 11 is 15.4. The summed E-state index contributed by atoms with van der Waals surface area (Å²) in [5.41, 5.74) is 4.27. The highest BCUT2D eigenvalue weighted by Crippen LogP contribution is 2.32. The van der Waals surface area contributed by atoms with Crippen molar-refractivity contribution < 1.29 is 4.39 Å². The first-order valence-corrected chi connectivity index (χ1v) is 7.42. The largest absolute Gasteiger partial charge is 0.271 e. The Morgan fingerprint density at radius 1 is 1.20 bits per heavy atom. The molecule has 0 aromatic heterocycles. The summed E-state index contributed by atoms with van der Waals surface area (Å²) in [6, 6.07) is 9.96. The molecule has 0 amide bonds. The van der Waals surface area contributed by atoms with Gasteiger partial charge in [-0.2, -0.15) is 0 Å². The number of nitrogens with one attached hydrogen (secondary N) is 1. The summed E-state index contributed by atoms with van der Waals surface area (Å²) in [5.74, 6) is 5.29. The second-order valence-electron chi connectivity index (χ2n) is 4.28. The Morgan fingerprint density at radius 2 is 1.90 bits per heavy atom. The van der Waals surface area contributed by atoms with Crippen LogP contribution in [-0.2, 0) is 6.42 Å². The Morgan fingerprint density at radius 3 is 2.60 bits per heavy atom. The molecule has 1 unspecified atom stereocenters. The second kappa shape index (κ2) is 6.87. The first-order chi connectivity index (χ1) is 9.54. The van der Waals surface area contributed by atoms with Crippen LogP contribution in [0, 0.1) is 5.82 Å². The van der Waals surface area contributed by atoms with Crippen molar-refractivity contribution in [3.63, 3.8) is 0 Å². The number of hydrazine groups is 1. The molecule has 0 bridgehead atoms. The molecule has 0 saturated heterocycles. The first-order valence-electron chi connectivity index (χ1n) is 5.87. The molecule has 2 aromatic rings. The van der Waals surface area contributed by atoms with Crippen LogP contribution in [0.1, 0.15) is 17.2 Å². The van der Waals surface area contributed by atoms with E-state index in [9.17, 15) is 4.39 Å². The highest BCUT2D eigenvalue weighted by molar-refractivity contribution is 9.10. The van der Waals surface area contributed by atoms with Gasteiger partial charge in [-0.15, -0.1) is 0 Å². The third kappa shape index (κ3) is 3.32. The molecule has 1 atom stereocenters. The maximum Gasteiger partial charge on any atom is 0.137 e. The lowest BCUT2D eigenvalue weighted by molar-refractivity contribution is 0.546. The predicted molar refractivity (Wildman–Crippen MR) is 84.3 cm³/mol. The van der Waals surface area contributed by atoms with E-state index in [0.717, 1.165) is 11.1 Å². The molecule has 2 rings (SSSR count). The van der Waals surface area contributed by atoms with E-state index in [0.29, 0.717) is 20.9 Å². The molecule has 2 nitrogen and oxygen atoms in total. The van der Waals surface area contributed by atoms with E-state index in [1.807, 2.05) is 12.1 Å². The Balaban J connectivity index is 2.34. The van der Waals surface area contributed by atoms with Gasteiger partial charge in [-0.25, -0.2) is 4.39 Å². The van der Waals surface area contributed by atoms with Crippen molar-refractivity contribution in [1.82, 2.24) is 5.43 Å². The van der Waals surface area contributed by atoms with Crippen molar-refractivity contribution >= 4 is 39.1 Å². The molecule has 0 fully saturated rings. The van der Waals surface area contributed by atoms with Crippen LogP contribution in [0.15, 0.2) is 40.9 Å². The lowest BCUT2D eigenvalue weighted by Crippen LogP contribution is -2.30. The van der Waals surface area contributed by atoms with E-state index in [-0.39, 0.29) is 11.9 Å². The van der Waals surface area contributed by atoms with Gasteiger partial charge in [0.2, 0.25) is 0 Å². The minimum atomic E-state index is -0.310. The standard InChI is InChI=1S/C14H12BrCl2FN2/c15-13-8(3-1-6-11(13)18)7-12(20-19)9-4-2-5-10(16)14(9)17/h1-6,12,20H,7,19H2. The van der Waals surface area contributed by atoms with Crippen LogP contribution in [-0.4, -0.2) is 0 Å². The second-order valence-corrected chi connectivity index (χ2v) is 5.86. The van der Waals surface area contributed by atoms with Crippen LogP contribution in [0.2, 0.25) is 10.0 Å². The minimum absolute atomic E-state index is 0.265. The highest BCUT2D eigenvalue weighted by atomic mass is 79.9. The number of halogens is 4. The molecule has 3 N–H and O–H groups in total. The summed E-state index contributed by atoms with van der Waals surface area (Å²) in [5, 5.41) is 0.910. The fourth-order valence-corrected chi connectivity index (χ4v) is 2.84. The van der Waals surface area contributed by atoms with Crippen LogP contribution in [0.5, 0.6) is 0 Å². The van der Waals surface area contributed by atoms with Crippen molar-refractivity contribution in [2.24, 2.45) is 5.84 Å². The molecule has 106 valence electrons. The summed E-state index contributed by atoms with van der Waals surface area (Å²) in [4.78, 5) is 0. The Hall–Kier alpha value is -0.650. The van der Waals surface area contributed by atoms with Crippen LogP contribution < -0.4 is 11.3 Å². The SMILES string of the molecule is NNC(Cc1cccc(F)c1Br)c1cccc(Cl)c1Cl. The van der Waals surface area contributed by atoms with Gasteiger partial charge in [0.05, 0.1) is 20.6 Å². The number of hydrogen-bond donors (Lipinski definition) is 2. The predicted octanol–water partition coefficient (Wildman–Crippen LogP) is 4.64. The van der Waals surface area contributed by atoms with E-state index in [2.05, 4.69) is 21.4 Å². The molecule has 0 radical (unpaired) electrons. The fourth-order valence-electron chi connectivity index (χ4n) is 1.97. The van der Waals surface area contributed by atoms with E-state index in [1.165, 1.54) is 6.07 Å². The van der Waals surface area contributed by atoms with Crippen LogP contribution >= 0.6 is 39.1 Å². The molecule has 2 aromatic carbocycles. The van der Waals surface area contributed by atoms with Gasteiger partial charge in [-0.3, -0.25) is 11.3 Å².